The number of benzene rings is 4. The number of nitrogens with zero attached hydrogens (tertiary/aromatic N) is 3. The zero-order valence-electron chi connectivity index (χ0n) is 24.7. The molecular formula is C34H32N6O5. The molecule has 4 aromatic carbocycles. The average molecular weight is 605 g/mol. The van der Waals surface area contributed by atoms with E-state index in [-0.39, 0.29) is 23.2 Å². The minimum atomic E-state index is -1.71. The molecule has 4 aromatic rings. The molecule has 11 nitrogen and oxygen atoms in total. The molecule has 1 atom stereocenters. The van der Waals surface area contributed by atoms with Gasteiger partial charge in [-0.1, -0.05) is 54.6 Å². The van der Waals surface area contributed by atoms with E-state index >= 15 is 0 Å². The summed E-state index contributed by atoms with van der Waals surface area (Å²) in [4.78, 5) is 71.5. The van der Waals surface area contributed by atoms with Gasteiger partial charge in [-0.25, -0.2) is 4.79 Å². The van der Waals surface area contributed by atoms with Crippen molar-refractivity contribution in [1.82, 2.24) is 5.32 Å². The molecule has 0 saturated carbocycles. The zero-order chi connectivity index (χ0) is 32.1. The number of para-hydroxylation sites is 4. The molecule has 0 fully saturated rings. The normalized spacial score (nSPS) is 14.4. The fourth-order valence-corrected chi connectivity index (χ4v) is 5.22. The second-order valence-corrected chi connectivity index (χ2v) is 10.6. The standard InChI is InChI=1S/C34H32N6O5/c1-22(2)39(25-14-5-3-6-15-25)29(41)21-38-27-18-9-10-19-28(27)40(26-16-7-4-8-17-26)33(44)30(32(38)43)37-34(45)36-24-13-11-12-23(20-24)31(35)42/h3-20,22,30H,21H2,1-2H3,(H2,35,42)(H2,36,37,45). The summed E-state index contributed by atoms with van der Waals surface area (Å²) in [6, 6.07) is 27.7. The Morgan fingerprint density at radius 2 is 1.42 bits per heavy atom. The quantitative estimate of drug-likeness (QED) is 0.255. The SMILES string of the molecule is CC(C)N(C(=O)CN1C(=O)C(NC(=O)Nc2cccc(C(N)=O)c2)C(=O)N(c2ccccc2)c2ccccc21)c1ccccc1. The van der Waals surface area contributed by atoms with Gasteiger partial charge in [0.05, 0.1) is 11.4 Å². The number of rotatable bonds is 8. The Balaban J connectivity index is 1.54. The molecule has 1 unspecified atom stereocenters. The predicted octanol–water partition coefficient (Wildman–Crippen LogP) is 4.43. The van der Waals surface area contributed by atoms with Crippen molar-refractivity contribution in [3.8, 4) is 0 Å². The predicted molar refractivity (Wildman–Crippen MR) is 172 cm³/mol. The highest BCUT2D eigenvalue weighted by molar-refractivity contribution is 6.25. The first kappa shape index (κ1) is 30.5. The Bertz CT molecular complexity index is 1740. The summed E-state index contributed by atoms with van der Waals surface area (Å²) in [5.74, 6) is -2.59. The summed E-state index contributed by atoms with van der Waals surface area (Å²) in [5, 5.41) is 5.06. The van der Waals surface area contributed by atoms with E-state index in [1.54, 1.807) is 71.6 Å². The molecule has 0 bridgehead atoms. The second kappa shape index (κ2) is 13.1. The van der Waals surface area contributed by atoms with Gasteiger partial charge in [-0.15, -0.1) is 0 Å². The number of carbonyl (C=O) groups excluding carboxylic acids is 5. The number of nitrogens with one attached hydrogen (secondary N) is 2. The van der Waals surface area contributed by atoms with Crippen molar-refractivity contribution < 1.29 is 24.0 Å². The van der Waals surface area contributed by atoms with E-state index < -0.39 is 36.3 Å². The molecule has 1 aliphatic heterocycles. The monoisotopic (exact) mass is 604 g/mol. The van der Waals surface area contributed by atoms with Crippen molar-refractivity contribution in [1.29, 1.82) is 0 Å². The van der Waals surface area contributed by atoms with E-state index in [0.717, 1.165) is 0 Å². The summed E-state index contributed by atoms with van der Waals surface area (Å²) >= 11 is 0. The van der Waals surface area contributed by atoms with Crippen LogP contribution in [0.4, 0.5) is 33.2 Å². The van der Waals surface area contributed by atoms with E-state index in [0.29, 0.717) is 22.7 Å². The van der Waals surface area contributed by atoms with E-state index in [1.165, 1.54) is 34.1 Å². The molecule has 45 heavy (non-hydrogen) atoms. The highest BCUT2D eigenvalue weighted by atomic mass is 16.2. The maximum Gasteiger partial charge on any atom is 0.320 e. The van der Waals surface area contributed by atoms with Gasteiger partial charge in [-0.3, -0.25) is 29.0 Å². The van der Waals surface area contributed by atoms with Crippen LogP contribution in [0.2, 0.25) is 0 Å². The third kappa shape index (κ3) is 6.52. The lowest BCUT2D eigenvalue weighted by atomic mass is 10.2. The first-order chi connectivity index (χ1) is 21.7. The lowest BCUT2D eigenvalue weighted by Gasteiger charge is -2.31. The number of fused-ring (bicyclic) bond motifs is 1. The van der Waals surface area contributed by atoms with Gasteiger partial charge in [0.2, 0.25) is 11.8 Å². The minimum Gasteiger partial charge on any atom is -0.366 e. The summed E-state index contributed by atoms with van der Waals surface area (Å²) in [6.45, 7) is 3.33. The molecular weight excluding hydrogens is 572 g/mol. The van der Waals surface area contributed by atoms with Crippen LogP contribution in [0, 0.1) is 0 Å². The van der Waals surface area contributed by atoms with E-state index in [1.807, 2.05) is 32.0 Å². The number of urea groups is 1. The number of primary amides is 1. The fraction of sp³-hybridized carbons (Fsp3) is 0.147. The maximum absolute atomic E-state index is 14.3. The molecule has 0 aromatic heterocycles. The number of hydrogen-bond donors (Lipinski definition) is 3. The third-order valence-corrected chi connectivity index (χ3v) is 7.20. The molecule has 11 heteroatoms. The van der Waals surface area contributed by atoms with Crippen LogP contribution in [0.1, 0.15) is 24.2 Å². The third-order valence-electron chi connectivity index (χ3n) is 7.20. The molecule has 4 N–H and O–H groups in total. The second-order valence-electron chi connectivity index (χ2n) is 10.6. The van der Waals surface area contributed by atoms with Crippen LogP contribution in [0.25, 0.3) is 0 Å². The van der Waals surface area contributed by atoms with Gasteiger partial charge in [-0.05, 0) is 68.4 Å². The Morgan fingerprint density at radius 1 is 0.800 bits per heavy atom. The Labute approximate surface area is 260 Å². The summed E-state index contributed by atoms with van der Waals surface area (Å²) in [7, 11) is 0. The first-order valence-corrected chi connectivity index (χ1v) is 14.3. The van der Waals surface area contributed by atoms with Crippen molar-refractivity contribution in [3.63, 3.8) is 0 Å². The van der Waals surface area contributed by atoms with Crippen molar-refractivity contribution in [2.45, 2.75) is 25.9 Å². The first-order valence-electron chi connectivity index (χ1n) is 14.3. The molecule has 5 rings (SSSR count). The minimum absolute atomic E-state index is 0.165. The van der Waals surface area contributed by atoms with E-state index in [2.05, 4.69) is 10.6 Å². The van der Waals surface area contributed by atoms with Crippen molar-refractivity contribution in [2.75, 3.05) is 26.6 Å². The Morgan fingerprint density at radius 3 is 2.07 bits per heavy atom. The highest BCUT2D eigenvalue weighted by Crippen LogP contribution is 2.38. The fourth-order valence-electron chi connectivity index (χ4n) is 5.22. The van der Waals surface area contributed by atoms with Gasteiger partial charge >= 0.3 is 6.03 Å². The molecule has 6 amide bonds. The lowest BCUT2D eigenvalue weighted by Crippen LogP contribution is -2.57. The average Bonchev–Trinajstić information content (AvgIpc) is 3.11. The number of carbonyl (C=O) groups is 5. The topological polar surface area (TPSA) is 145 Å². The maximum atomic E-state index is 14.3. The van der Waals surface area contributed by atoms with Gasteiger partial charge < -0.3 is 21.3 Å². The molecule has 0 spiro atoms. The van der Waals surface area contributed by atoms with Crippen LogP contribution in [-0.2, 0) is 14.4 Å². The largest absolute Gasteiger partial charge is 0.366 e. The van der Waals surface area contributed by atoms with Crippen molar-refractivity contribution in [2.24, 2.45) is 5.73 Å². The van der Waals surface area contributed by atoms with Crippen LogP contribution in [-0.4, -0.2) is 48.3 Å². The number of nitrogens with two attached hydrogens (primary N) is 1. The van der Waals surface area contributed by atoms with Crippen LogP contribution < -0.4 is 31.1 Å². The van der Waals surface area contributed by atoms with E-state index in [9.17, 15) is 24.0 Å². The van der Waals surface area contributed by atoms with Gasteiger partial charge in [0, 0.05) is 28.7 Å². The van der Waals surface area contributed by atoms with Gasteiger partial charge in [0.25, 0.3) is 11.8 Å². The summed E-state index contributed by atoms with van der Waals surface area (Å²) < 4.78 is 0. The molecule has 0 radical (unpaired) electrons. The van der Waals surface area contributed by atoms with Gasteiger partial charge in [-0.2, -0.15) is 0 Å². The lowest BCUT2D eigenvalue weighted by molar-refractivity contribution is -0.129. The van der Waals surface area contributed by atoms with Gasteiger partial charge in [0.1, 0.15) is 6.54 Å². The van der Waals surface area contributed by atoms with Crippen LogP contribution in [0.15, 0.2) is 109 Å². The summed E-state index contributed by atoms with van der Waals surface area (Å²) in [6.07, 6.45) is 0. The van der Waals surface area contributed by atoms with Crippen molar-refractivity contribution >= 4 is 58.1 Å². The van der Waals surface area contributed by atoms with Crippen LogP contribution in [0.5, 0.6) is 0 Å². The zero-order valence-corrected chi connectivity index (χ0v) is 24.7. The summed E-state index contributed by atoms with van der Waals surface area (Å²) in [5.41, 5.74) is 7.56. The van der Waals surface area contributed by atoms with Gasteiger partial charge in [0.15, 0.2) is 6.04 Å². The highest BCUT2D eigenvalue weighted by Gasteiger charge is 2.43. The molecule has 1 aliphatic rings. The molecule has 0 aliphatic carbocycles. The molecule has 0 saturated heterocycles. The van der Waals surface area contributed by atoms with Crippen LogP contribution >= 0.6 is 0 Å². The van der Waals surface area contributed by atoms with Crippen molar-refractivity contribution in [3.05, 3.63) is 115 Å². The van der Waals surface area contributed by atoms with Crippen LogP contribution in [0.3, 0.4) is 0 Å². The number of amides is 6. The number of anilines is 5. The Hall–Kier alpha value is -5.97. The molecule has 1 heterocycles. The smallest absolute Gasteiger partial charge is 0.320 e. The molecule has 228 valence electrons. The van der Waals surface area contributed by atoms with E-state index in [4.69, 9.17) is 5.73 Å². The number of hydrogen-bond acceptors (Lipinski definition) is 5. The Kier molecular flexibility index (Phi) is 8.89.